The van der Waals surface area contributed by atoms with Crippen LogP contribution in [0.15, 0.2) is 24.3 Å². The molecule has 0 radical (unpaired) electrons. The van der Waals surface area contributed by atoms with E-state index in [1.807, 2.05) is 0 Å². The van der Waals surface area contributed by atoms with E-state index in [2.05, 4.69) is 10.2 Å². The van der Waals surface area contributed by atoms with Crippen LogP contribution >= 0.6 is 0 Å². The zero-order valence-corrected chi connectivity index (χ0v) is 11.5. The number of carbonyl (C=O) groups excluding carboxylic acids is 2. The van der Waals surface area contributed by atoms with Crippen LogP contribution < -0.4 is 10.2 Å². The molecule has 5 nitrogen and oxygen atoms in total. The molecular weight excluding hydrogens is 273 g/mol. The zero-order valence-electron chi connectivity index (χ0n) is 11.5. The quantitative estimate of drug-likeness (QED) is 0.794. The number of nitrogens with one attached hydrogen (secondary N) is 1. The largest absolute Gasteiger partial charge is 0.329 e. The number of hydrogen-bond acceptors (Lipinski definition) is 3. The molecule has 5 rings (SSSR count). The lowest BCUT2D eigenvalue weighted by Gasteiger charge is -2.49. The number of benzene rings is 1. The minimum Gasteiger partial charge on any atom is -0.321 e. The SMILES string of the molecule is O=C1NC2(CN3CCC2CC3)C(=O)N1c1ccccc1F. The predicted octanol–water partition coefficient (Wildman–Crippen LogP) is 1.35. The van der Waals surface area contributed by atoms with Gasteiger partial charge in [0.15, 0.2) is 0 Å². The number of para-hydroxylation sites is 1. The molecule has 4 fully saturated rings. The normalized spacial score (nSPS) is 34.6. The van der Waals surface area contributed by atoms with Gasteiger partial charge in [-0.15, -0.1) is 0 Å². The number of nitrogens with zero attached hydrogens (tertiary/aromatic N) is 2. The van der Waals surface area contributed by atoms with E-state index in [9.17, 15) is 14.0 Å². The van der Waals surface area contributed by atoms with Crippen LogP contribution in [0.3, 0.4) is 0 Å². The van der Waals surface area contributed by atoms with Crippen LogP contribution in [0.2, 0.25) is 0 Å². The summed E-state index contributed by atoms with van der Waals surface area (Å²) in [4.78, 5) is 28.3. The fourth-order valence-corrected chi connectivity index (χ4v) is 3.89. The monoisotopic (exact) mass is 289 g/mol. The van der Waals surface area contributed by atoms with Gasteiger partial charge in [0.25, 0.3) is 5.91 Å². The van der Waals surface area contributed by atoms with Crippen molar-refractivity contribution in [3.8, 4) is 0 Å². The molecule has 21 heavy (non-hydrogen) atoms. The number of fused-ring (bicyclic) bond motifs is 2. The molecule has 1 aromatic carbocycles. The van der Waals surface area contributed by atoms with E-state index in [0.29, 0.717) is 6.54 Å². The maximum Gasteiger partial charge on any atom is 0.329 e. The van der Waals surface area contributed by atoms with Crippen molar-refractivity contribution in [3.05, 3.63) is 30.1 Å². The molecule has 1 aromatic rings. The second-order valence-corrected chi connectivity index (χ2v) is 6.04. The van der Waals surface area contributed by atoms with E-state index in [-0.39, 0.29) is 17.5 Å². The van der Waals surface area contributed by atoms with Gasteiger partial charge in [0.1, 0.15) is 11.4 Å². The third kappa shape index (κ3) is 1.65. The third-order valence-electron chi connectivity index (χ3n) is 4.97. The molecular formula is C15H16FN3O2. The molecule has 1 N–H and O–H groups in total. The highest BCUT2D eigenvalue weighted by atomic mass is 19.1. The second-order valence-electron chi connectivity index (χ2n) is 6.04. The van der Waals surface area contributed by atoms with Crippen LogP contribution in [-0.2, 0) is 4.79 Å². The van der Waals surface area contributed by atoms with Crippen molar-refractivity contribution in [3.63, 3.8) is 0 Å². The van der Waals surface area contributed by atoms with Gasteiger partial charge in [-0.2, -0.15) is 0 Å². The summed E-state index contributed by atoms with van der Waals surface area (Å²) in [7, 11) is 0. The lowest BCUT2D eigenvalue weighted by molar-refractivity contribution is -0.129. The molecule has 4 aliphatic rings. The summed E-state index contributed by atoms with van der Waals surface area (Å²) in [5, 5.41) is 2.86. The summed E-state index contributed by atoms with van der Waals surface area (Å²) in [6.45, 7) is 2.47. The Balaban J connectivity index is 1.75. The summed E-state index contributed by atoms with van der Waals surface area (Å²) < 4.78 is 13.9. The number of halogens is 1. The van der Waals surface area contributed by atoms with Crippen molar-refractivity contribution in [1.82, 2.24) is 10.2 Å². The van der Waals surface area contributed by atoms with E-state index in [4.69, 9.17) is 0 Å². The minimum absolute atomic E-state index is 0.0355. The highest BCUT2D eigenvalue weighted by Crippen LogP contribution is 2.41. The number of anilines is 1. The summed E-state index contributed by atoms with van der Waals surface area (Å²) in [6.07, 6.45) is 1.80. The number of urea groups is 1. The molecule has 0 saturated carbocycles. The average molecular weight is 289 g/mol. The van der Waals surface area contributed by atoms with Gasteiger partial charge in [0, 0.05) is 6.54 Å². The lowest BCUT2D eigenvalue weighted by atomic mass is 9.72. The number of rotatable bonds is 1. The first-order valence-electron chi connectivity index (χ1n) is 7.25. The molecule has 3 amide bonds. The molecule has 0 aliphatic carbocycles. The molecule has 1 spiro atoms. The van der Waals surface area contributed by atoms with Crippen LogP contribution in [0.1, 0.15) is 12.8 Å². The highest BCUT2D eigenvalue weighted by Gasteiger charge is 2.60. The Bertz CT molecular complexity index is 627. The zero-order chi connectivity index (χ0) is 14.6. The minimum atomic E-state index is -0.865. The molecule has 4 saturated heterocycles. The first-order chi connectivity index (χ1) is 10.1. The van der Waals surface area contributed by atoms with Crippen LogP contribution in [0.4, 0.5) is 14.9 Å². The third-order valence-corrected chi connectivity index (χ3v) is 4.97. The topological polar surface area (TPSA) is 52.7 Å². The Morgan fingerprint density at radius 1 is 1.19 bits per heavy atom. The molecule has 4 aliphatic heterocycles. The van der Waals surface area contributed by atoms with Crippen molar-refractivity contribution < 1.29 is 14.0 Å². The fourth-order valence-electron chi connectivity index (χ4n) is 3.89. The molecule has 4 heterocycles. The van der Waals surface area contributed by atoms with Gasteiger partial charge < -0.3 is 10.2 Å². The van der Waals surface area contributed by atoms with E-state index in [1.54, 1.807) is 12.1 Å². The summed E-state index contributed by atoms with van der Waals surface area (Å²) in [5.74, 6) is -0.720. The van der Waals surface area contributed by atoms with E-state index < -0.39 is 17.4 Å². The van der Waals surface area contributed by atoms with Crippen molar-refractivity contribution in [2.45, 2.75) is 18.4 Å². The summed E-state index contributed by atoms with van der Waals surface area (Å²) in [6, 6.07) is 5.38. The van der Waals surface area contributed by atoms with Gasteiger partial charge in [0.2, 0.25) is 0 Å². The first kappa shape index (κ1) is 12.8. The average Bonchev–Trinajstić information content (AvgIpc) is 2.72. The van der Waals surface area contributed by atoms with Gasteiger partial charge in [-0.1, -0.05) is 12.1 Å². The summed E-state index contributed by atoms with van der Waals surface area (Å²) >= 11 is 0. The van der Waals surface area contributed by atoms with Crippen molar-refractivity contribution in [2.24, 2.45) is 5.92 Å². The Morgan fingerprint density at radius 3 is 2.52 bits per heavy atom. The van der Waals surface area contributed by atoms with E-state index >= 15 is 0 Å². The van der Waals surface area contributed by atoms with Crippen LogP contribution in [0.25, 0.3) is 0 Å². The lowest BCUT2D eigenvalue weighted by Crippen LogP contribution is -2.67. The number of hydrogen-bond donors (Lipinski definition) is 1. The van der Waals surface area contributed by atoms with Crippen molar-refractivity contribution >= 4 is 17.6 Å². The Hall–Kier alpha value is -1.95. The maximum atomic E-state index is 13.9. The Morgan fingerprint density at radius 2 is 1.90 bits per heavy atom. The standard InChI is InChI=1S/C15H16FN3O2/c16-11-3-1-2-4-12(11)19-13(20)15(17-14(19)21)9-18-7-5-10(15)6-8-18/h1-4,10H,5-9H2,(H,17,21). The first-order valence-corrected chi connectivity index (χ1v) is 7.25. The van der Waals surface area contributed by atoms with Crippen LogP contribution in [-0.4, -0.2) is 42.0 Å². The van der Waals surface area contributed by atoms with E-state index in [1.165, 1.54) is 12.1 Å². The fraction of sp³-hybridized carbons (Fsp3) is 0.467. The van der Waals surface area contributed by atoms with Crippen molar-refractivity contribution in [2.75, 3.05) is 24.5 Å². The van der Waals surface area contributed by atoms with Gasteiger partial charge in [0.05, 0.1) is 5.69 Å². The second kappa shape index (κ2) is 4.27. The molecule has 1 unspecified atom stereocenters. The molecule has 1 atom stereocenters. The number of carbonyl (C=O) groups is 2. The maximum absolute atomic E-state index is 13.9. The van der Waals surface area contributed by atoms with E-state index in [0.717, 1.165) is 30.8 Å². The predicted molar refractivity (Wildman–Crippen MR) is 74.3 cm³/mol. The van der Waals surface area contributed by atoms with Crippen LogP contribution in [0, 0.1) is 11.7 Å². The molecule has 110 valence electrons. The van der Waals surface area contributed by atoms with Gasteiger partial charge in [-0.05, 0) is 44.0 Å². The Kier molecular flexibility index (Phi) is 2.60. The molecule has 2 bridgehead atoms. The Labute approximate surface area is 121 Å². The number of amides is 3. The van der Waals surface area contributed by atoms with Crippen molar-refractivity contribution in [1.29, 1.82) is 0 Å². The molecule has 6 heteroatoms. The van der Waals surface area contributed by atoms with Gasteiger partial charge >= 0.3 is 6.03 Å². The highest BCUT2D eigenvalue weighted by molar-refractivity contribution is 6.23. The summed E-state index contributed by atoms with van der Waals surface area (Å²) in [5.41, 5.74) is -0.830. The smallest absolute Gasteiger partial charge is 0.321 e. The van der Waals surface area contributed by atoms with Gasteiger partial charge in [-0.25, -0.2) is 14.1 Å². The number of piperidine rings is 3. The molecule has 0 aromatic heterocycles. The van der Waals surface area contributed by atoms with Crippen LogP contribution in [0.5, 0.6) is 0 Å². The number of imide groups is 1. The van der Waals surface area contributed by atoms with Gasteiger partial charge in [-0.3, -0.25) is 4.79 Å².